The highest BCUT2D eigenvalue weighted by molar-refractivity contribution is 6.30. The van der Waals surface area contributed by atoms with Gasteiger partial charge in [0.05, 0.1) is 31.0 Å². The van der Waals surface area contributed by atoms with Gasteiger partial charge >= 0.3 is 12.1 Å². The highest BCUT2D eigenvalue weighted by Crippen LogP contribution is 2.36. The lowest BCUT2D eigenvalue weighted by Crippen LogP contribution is -2.22. The molecule has 0 heterocycles. The maximum Gasteiger partial charge on any atom is 0.418 e. The Bertz CT molecular complexity index is 906. The number of hydrogen-bond acceptors (Lipinski definition) is 5. The van der Waals surface area contributed by atoms with Gasteiger partial charge < -0.3 is 19.5 Å². The van der Waals surface area contributed by atoms with Crippen molar-refractivity contribution in [3.8, 4) is 11.5 Å². The van der Waals surface area contributed by atoms with Gasteiger partial charge in [0.15, 0.2) is 6.61 Å². The average molecular weight is 432 g/mol. The minimum Gasteiger partial charge on any atom is -0.496 e. The Morgan fingerprint density at radius 1 is 1.07 bits per heavy atom. The number of benzene rings is 2. The lowest BCUT2D eigenvalue weighted by atomic mass is 10.1. The summed E-state index contributed by atoms with van der Waals surface area (Å²) in [5, 5.41) is 1.93. The minimum atomic E-state index is -4.72. The number of anilines is 1. The van der Waals surface area contributed by atoms with E-state index in [1.54, 1.807) is 6.92 Å². The van der Waals surface area contributed by atoms with Gasteiger partial charge in [-0.15, -0.1) is 0 Å². The van der Waals surface area contributed by atoms with Gasteiger partial charge in [-0.1, -0.05) is 11.6 Å². The van der Waals surface area contributed by atoms with Crippen molar-refractivity contribution in [1.82, 2.24) is 0 Å². The molecule has 0 aromatic heterocycles. The molecule has 0 fully saturated rings. The summed E-state index contributed by atoms with van der Waals surface area (Å²) in [6, 6.07) is 5.70. The molecule has 1 N–H and O–H groups in total. The van der Waals surface area contributed by atoms with Crippen molar-refractivity contribution in [3.05, 3.63) is 52.0 Å². The van der Waals surface area contributed by atoms with Crippen LogP contribution in [0.1, 0.15) is 21.5 Å². The molecule has 2 rings (SSSR count). The third kappa shape index (κ3) is 5.54. The number of halogens is 4. The van der Waals surface area contributed by atoms with Crippen LogP contribution in [-0.2, 0) is 15.7 Å². The van der Waals surface area contributed by atoms with Gasteiger partial charge in [0.1, 0.15) is 11.5 Å². The Hall–Kier alpha value is -2.94. The maximum absolute atomic E-state index is 13.1. The third-order valence-corrected chi connectivity index (χ3v) is 4.12. The number of hydrogen-bond donors (Lipinski definition) is 1. The maximum atomic E-state index is 13.1. The number of alkyl halides is 3. The summed E-state index contributed by atoms with van der Waals surface area (Å²) in [5.41, 5.74) is -0.898. The van der Waals surface area contributed by atoms with Crippen LogP contribution in [0.4, 0.5) is 18.9 Å². The number of rotatable bonds is 6. The van der Waals surface area contributed by atoms with Gasteiger partial charge in [0.25, 0.3) is 5.91 Å². The van der Waals surface area contributed by atoms with Gasteiger partial charge in [0, 0.05) is 10.6 Å². The Balaban J connectivity index is 2.10. The zero-order valence-corrected chi connectivity index (χ0v) is 16.4. The lowest BCUT2D eigenvalue weighted by molar-refractivity contribution is -0.137. The van der Waals surface area contributed by atoms with Crippen molar-refractivity contribution in [1.29, 1.82) is 0 Å². The summed E-state index contributed by atoms with van der Waals surface area (Å²) in [5.74, 6) is -1.07. The topological polar surface area (TPSA) is 73.9 Å². The smallest absolute Gasteiger partial charge is 0.418 e. The molecule has 2 aromatic rings. The molecule has 0 atom stereocenters. The van der Waals surface area contributed by atoms with Crippen LogP contribution in [0.2, 0.25) is 5.02 Å². The number of amides is 1. The number of methoxy groups -OCH3 is 2. The molecule has 1 amide bonds. The SMILES string of the molecule is COc1cc(C(=O)OCC(=O)Nc2ccc(Cl)cc2C(F)(F)F)cc(OC)c1C. The van der Waals surface area contributed by atoms with Crippen molar-refractivity contribution >= 4 is 29.2 Å². The first-order chi connectivity index (χ1) is 13.6. The van der Waals surface area contributed by atoms with E-state index in [4.69, 9.17) is 25.8 Å². The molecule has 156 valence electrons. The van der Waals surface area contributed by atoms with E-state index in [-0.39, 0.29) is 10.6 Å². The zero-order chi connectivity index (χ0) is 21.8. The van der Waals surface area contributed by atoms with Crippen molar-refractivity contribution in [2.45, 2.75) is 13.1 Å². The molecule has 0 radical (unpaired) electrons. The molecule has 29 heavy (non-hydrogen) atoms. The van der Waals surface area contributed by atoms with Gasteiger partial charge in [-0.3, -0.25) is 4.79 Å². The molecule has 0 saturated carbocycles. The number of esters is 1. The molecule has 0 aliphatic heterocycles. The number of nitrogens with one attached hydrogen (secondary N) is 1. The molecule has 0 saturated heterocycles. The highest BCUT2D eigenvalue weighted by Gasteiger charge is 2.34. The van der Waals surface area contributed by atoms with Crippen LogP contribution in [0.3, 0.4) is 0 Å². The van der Waals surface area contributed by atoms with E-state index in [9.17, 15) is 22.8 Å². The minimum absolute atomic E-state index is 0.0552. The van der Waals surface area contributed by atoms with Crippen molar-refractivity contribution in [2.24, 2.45) is 0 Å². The standard InChI is InChI=1S/C19H17ClF3NO5/c1-10-15(27-2)6-11(7-16(10)28-3)18(26)29-9-17(25)24-14-5-4-12(20)8-13(14)19(21,22)23/h4-8H,9H2,1-3H3,(H,24,25). The van der Waals surface area contributed by atoms with Crippen molar-refractivity contribution in [3.63, 3.8) is 0 Å². The largest absolute Gasteiger partial charge is 0.496 e. The summed E-state index contributed by atoms with van der Waals surface area (Å²) >= 11 is 5.59. The van der Waals surface area contributed by atoms with Crippen molar-refractivity contribution < 1.29 is 37.0 Å². The van der Waals surface area contributed by atoms with Crippen LogP contribution in [0.15, 0.2) is 30.3 Å². The fourth-order valence-electron chi connectivity index (χ4n) is 2.46. The van der Waals surface area contributed by atoms with Crippen LogP contribution in [0.5, 0.6) is 11.5 Å². The van der Waals surface area contributed by atoms with E-state index in [0.29, 0.717) is 23.1 Å². The molecule has 0 aliphatic carbocycles. The predicted molar refractivity (Wildman–Crippen MR) is 99.6 cm³/mol. The summed E-state index contributed by atoms with van der Waals surface area (Å²) in [7, 11) is 2.82. The predicted octanol–water partition coefficient (Wildman–Crippen LogP) is 4.48. The average Bonchev–Trinajstić information content (AvgIpc) is 2.66. The second kappa shape index (κ2) is 9.04. The molecule has 10 heteroatoms. The zero-order valence-electron chi connectivity index (χ0n) is 15.6. The van der Waals surface area contributed by atoms with Gasteiger partial charge in [0.2, 0.25) is 0 Å². The van der Waals surface area contributed by atoms with E-state index in [1.807, 2.05) is 0 Å². The first-order valence-corrected chi connectivity index (χ1v) is 8.51. The summed E-state index contributed by atoms with van der Waals surface area (Å²) in [6.07, 6.45) is -4.72. The molecule has 0 spiro atoms. The van der Waals surface area contributed by atoms with E-state index in [1.165, 1.54) is 32.4 Å². The highest BCUT2D eigenvalue weighted by atomic mass is 35.5. The Morgan fingerprint density at radius 2 is 1.66 bits per heavy atom. The monoisotopic (exact) mass is 431 g/mol. The quantitative estimate of drug-likeness (QED) is 0.683. The lowest BCUT2D eigenvalue weighted by Gasteiger charge is -2.14. The Kier molecular flexibility index (Phi) is 6.97. The normalized spacial score (nSPS) is 11.0. The molecule has 0 bridgehead atoms. The molecule has 6 nitrogen and oxygen atoms in total. The van der Waals surface area contributed by atoms with Gasteiger partial charge in [-0.2, -0.15) is 13.2 Å². The van der Waals surface area contributed by atoms with Crippen LogP contribution >= 0.6 is 11.6 Å². The van der Waals surface area contributed by atoms with E-state index in [2.05, 4.69) is 5.32 Å². The number of ether oxygens (including phenoxy) is 3. The van der Waals surface area contributed by atoms with Gasteiger partial charge in [-0.25, -0.2) is 4.79 Å². The molecule has 0 aliphatic rings. The molecular weight excluding hydrogens is 415 g/mol. The van der Waals surface area contributed by atoms with Gasteiger partial charge in [-0.05, 0) is 37.3 Å². The fraction of sp³-hybridized carbons (Fsp3) is 0.263. The van der Waals surface area contributed by atoms with Crippen LogP contribution in [0, 0.1) is 6.92 Å². The van der Waals surface area contributed by atoms with Crippen LogP contribution < -0.4 is 14.8 Å². The molecular formula is C19H17ClF3NO5. The summed E-state index contributed by atoms with van der Waals surface area (Å²) in [4.78, 5) is 24.2. The van der Waals surface area contributed by atoms with Crippen LogP contribution in [-0.4, -0.2) is 32.7 Å². The van der Waals surface area contributed by atoms with Crippen LogP contribution in [0.25, 0.3) is 0 Å². The Morgan fingerprint density at radius 3 is 2.17 bits per heavy atom. The first-order valence-electron chi connectivity index (χ1n) is 8.13. The molecule has 2 aromatic carbocycles. The number of carbonyl (C=O) groups is 2. The first kappa shape index (κ1) is 22.4. The van der Waals surface area contributed by atoms with E-state index >= 15 is 0 Å². The second-order valence-electron chi connectivity index (χ2n) is 5.82. The van der Waals surface area contributed by atoms with Crippen molar-refractivity contribution in [2.75, 3.05) is 26.1 Å². The number of carbonyl (C=O) groups excluding carboxylic acids is 2. The fourth-order valence-corrected chi connectivity index (χ4v) is 2.64. The third-order valence-electron chi connectivity index (χ3n) is 3.88. The summed E-state index contributed by atoms with van der Waals surface area (Å²) in [6.45, 7) is 0.932. The Labute approximate surface area is 169 Å². The summed E-state index contributed by atoms with van der Waals surface area (Å²) < 4.78 is 54.4. The molecule has 0 unspecified atom stereocenters. The second-order valence-corrected chi connectivity index (χ2v) is 6.25. The van der Waals surface area contributed by atoms with E-state index in [0.717, 1.165) is 6.07 Å². The van der Waals surface area contributed by atoms with E-state index < -0.39 is 35.9 Å².